The number of fused-ring (bicyclic) bond motifs is 1. The summed E-state index contributed by atoms with van der Waals surface area (Å²) in [5, 5.41) is 2.75. The van der Waals surface area contributed by atoms with Crippen molar-refractivity contribution in [2.24, 2.45) is 0 Å². The quantitative estimate of drug-likeness (QED) is 0.576. The average Bonchev–Trinajstić information content (AvgIpc) is 2.63. The van der Waals surface area contributed by atoms with E-state index in [2.05, 4.69) is 5.32 Å². The van der Waals surface area contributed by atoms with E-state index in [0.29, 0.717) is 43.1 Å². The van der Waals surface area contributed by atoms with Crippen LogP contribution in [0.1, 0.15) is 17.5 Å². The highest BCUT2D eigenvalue weighted by atomic mass is 32.2. The van der Waals surface area contributed by atoms with E-state index in [0.717, 1.165) is 5.56 Å². The molecular formula is C19H21NO6S. The second-order valence-electron chi connectivity index (χ2n) is 6.17. The van der Waals surface area contributed by atoms with Crippen LogP contribution < -0.4 is 14.2 Å². The molecule has 1 heterocycles. The molecule has 0 unspecified atom stereocenters. The summed E-state index contributed by atoms with van der Waals surface area (Å²) in [5.41, 5.74) is 2.22. The molecule has 0 aromatic heterocycles. The largest absolute Gasteiger partial charge is 0.491 e. The van der Waals surface area contributed by atoms with Gasteiger partial charge in [-0.1, -0.05) is 0 Å². The highest BCUT2D eigenvalue weighted by Gasteiger charge is 2.20. The zero-order valence-corrected chi connectivity index (χ0v) is 16.0. The summed E-state index contributed by atoms with van der Waals surface area (Å²) in [7, 11) is -2.40. The molecule has 1 amide bonds. The number of hydrogen-bond acceptors (Lipinski definition) is 6. The Morgan fingerprint density at radius 2 is 1.89 bits per heavy atom. The Balaban J connectivity index is 1.77. The molecule has 2 aromatic rings. The second-order valence-corrected chi connectivity index (χ2v) is 7.72. The molecule has 2 aromatic carbocycles. The number of anilines is 1. The number of nitrogens with one attached hydrogen (secondary N) is 1. The zero-order valence-electron chi connectivity index (χ0n) is 15.2. The zero-order chi connectivity index (χ0) is 19.4. The van der Waals surface area contributed by atoms with Crippen molar-refractivity contribution in [2.45, 2.75) is 24.7 Å². The van der Waals surface area contributed by atoms with Gasteiger partial charge in [-0.25, -0.2) is 0 Å². The van der Waals surface area contributed by atoms with E-state index in [1.165, 1.54) is 18.2 Å². The van der Waals surface area contributed by atoms with Crippen LogP contribution in [0.2, 0.25) is 0 Å². The third-order valence-corrected chi connectivity index (χ3v) is 5.40. The van der Waals surface area contributed by atoms with E-state index in [-0.39, 0.29) is 16.6 Å². The second kappa shape index (κ2) is 7.98. The van der Waals surface area contributed by atoms with Crippen LogP contribution in [0.15, 0.2) is 41.3 Å². The van der Waals surface area contributed by atoms with Gasteiger partial charge in [-0.3, -0.25) is 4.79 Å². The SMILES string of the molecule is COCCOc1ccc(S(=O)(=O)Oc2ccc3c(c2)CCC(=O)N3)cc1C. The molecule has 1 aliphatic rings. The van der Waals surface area contributed by atoms with Crippen molar-refractivity contribution in [1.82, 2.24) is 0 Å². The first-order valence-corrected chi connectivity index (χ1v) is 9.89. The number of amides is 1. The Hall–Kier alpha value is -2.58. The Bertz CT molecular complexity index is 955. The van der Waals surface area contributed by atoms with Gasteiger partial charge in [0.2, 0.25) is 5.91 Å². The minimum atomic E-state index is -3.98. The summed E-state index contributed by atoms with van der Waals surface area (Å²) in [6, 6.07) is 9.37. The molecule has 0 atom stereocenters. The first-order chi connectivity index (χ1) is 12.9. The number of ether oxygens (including phenoxy) is 2. The maximum atomic E-state index is 12.6. The third kappa shape index (κ3) is 4.58. The molecule has 0 aliphatic carbocycles. The first kappa shape index (κ1) is 19.2. The van der Waals surface area contributed by atoms with Crippen molar-refractivity contribution in [1.29, 1.82) is 0 Å². The number of aryl methyl sites for hydroxylation is 2. The van der Waals surface area contributed by atoms with Gasteiger partial charge in [0, 0.05) is 19.2 Å². The van der Waals surface area contributed by atoms with E-state index >= 15 is 0 Å². The fourth-order valence-corrected chi connectivity index (χ4v) is 3.77. The maximum Gasteiger partial charge on any atom is 0.339 e. The van der Waals surface area contributed by atoms with Crippen LogP contribution in [0, 0.1) is 6.92 Å². The van der Waals surface area contributed by atoms with Crippen molar-refractivity contribution in [2.75, 3.05) is 25.6 Å². The molecule has 7 nitrogen and oxygen atoms in total. The lowest BCUT2D eigenvalue weighted by Gasteiger charge is -2.17. The van der Waals surface area contributed by atoms with Crippen molar-refractivity contribution < 1.29 is 26.9 Å². The van der Waals surface area contributed by atoms with Gasteiger partial charge in [-0.2, -0.15) is 8.42 Å². The van der Waals surface area contributed by atoms with Gasteiger partial charge >= 0.3 is 10.1 Å². The molecule has 0 bridgehead atoms. The highest BCUT2D eigenvalue weighted by molar-refractivity contribution is 7.87. The molecule has 8 heteroatoms. The van der Waals surface area contributed by atoms with E-state index in [9.17, 15) is 13.2 Å². The van der Waals surface area contributed by atoms with Gasteiger partial charge in [0.1, 0.15) is 23.0 Å². The van der Waals surface area contributed by atoms with Crippen LogP contribution in [0.5, 0.6) is 11.5 Å². The number of carbonyl (C=O) groups excluding carboxylic acids is 1. The van der Waals surface area contributed by atoms with Crippen molar-refractivity contribution >= 4 is 21.7 Å². The van der Waals surface area contributed by atoms with Crippen molar-refractivity contribution in [3.05, 3.63) is 47.5 Å². The summed E-state index contributed by atoms with van der Waals surface area (Å²) < 4.78 is 40.9. The molecule has 27 heavy (non-hydrogen) atoms. The monoisotopic (exact) mass is 391 g/mol. The van der Waals surface area contributed by atoms with Crippen LogP contribution >= 0.6 is 0 Å². The molecule has 0 saturated carbocycles. The number of benzene rings is 2. The Morgan fingerprint density at radius 1 is 1.07 bits per heavy atom. The lowest BCUT2D eigenvalue weighted by atomic mass is 10.0. The van der Waals surface area contributed by atoms with E-state index in [1.54, 1.807) is 32.2 Å². The third-order valence-electron chi connectivity index (χ3n) is 4.16. The molecule has 1 N–H and O–H groups in total. The summed E-state index contributed by atoms with van der Waals surface area (Å²) >= 11 is 0. The van der Waals surface area contributed by atoms with Gasteiger partial charge in [-0.05, 0) is 60.9 Å². The predicted octanol–water partition coefficient (Wildman–Crippen LogP) is 2.67. The molecular weight excluding hydrogens is 370 g/mol. The average molecular weight is 391 g/mol. The number of methoxy groups -OCH3 is 1. The predicted molar refractivity (Wildman–Crippen MR) is 99.8 cm³/mol. The van der Waals surface area contributed by atoms with Crippen molar-refractivity contribution in [3.63, 3.8) is 0 Å². The highest BCUT2D eigenvalue weighted by Crippen LogP contribution is 2.29. The van der Waals surface area contributed by atoms with Gasteiger partial charge in [0.25, 0.3) is 0 Å². The van der Waals surface area contributed by atoms with Crippen LogP contribution in [0.3, 0.4) is 0 Å². The van der Waals surface area contributed by atoms with Gasteiger partial charge in [0.05, 0.1) is 6.61 Å². The normalized spacial score (nSPS) is 13.6. The van der Waals surface area contributed by atoms with Gasteiger partial charge < -0.3 is 19.0 Å². The van der Waals surface area contributed by atoms with Gasteiger partial charge in [0.15, 0.2) is 0 Å². The lowest BCUT2D eigenvalue weighted by Crippen LogP contribution is -2.19. The molecule has 0 spiro atoms. The molecule has 144 valence electrons. The van der Waals surface area contributed by atoms with Gasteiger partial charge in [-0.15, -0.1) is 0 Å². The standard InChI is InChI=1S/C19H21NO6S/c1-13-11-16(5-7-18(13)25-10-9-24-2)27(22,23)26-15-4-6-17-14(12-15)3-8-19(21)20-17/h4-7,11-12H,3,8-10H2,1-2H3,(H,20,21). The Labute approximate surface area is 158 Å². The van der Waals surface area contributed by atoms with E-state index in [4.69, 9.17) is 13.7 Å². The minimum Gasteiger partial charge on any atom is -0.491 e. The molecule has 0 fully saturated rings. The lowest BCUT2D eigenvalue weighted by molar-refractivity contribution is -0.116. The number of carbonyl (C=O) groups is 1. The van der Waals surface area contributed by atoms with Crippen LogP contribution in [-0.4, -0.2) is 34.6 Å². The number of hydrogen-bond donors (Lipinski definition) is 1. The number of rotatable bonds is 7. The first-order valence-electron chi connectivity index (χ1n) is 8.49. The topological polar surface area (TPSA) is 90.9 Å². The Kier molecular flexibility index (Phi) is 5.67. The molecule has 0 radical (unpaired) electrons. The van der Waals surface area contributed by atoms with Crippen molar-refractivity contribution in [3.8, 4) is 11.5 Å². The maximum absolute atomic E-state index is 12.6. The summed E-state index contributed by atoms with van der Waals surface area (Å²) in [4.78, 5) is 11.5. The molecule has 1 aliphatic heterocycles. The van der Waals surface area contributed by atoms with Crippen LogP contribution in [-0.2, 0) is 26.1 Å². The molecule has 3 rings (SSSR count). The smallest absolute Gasteiger partial charge is 0.339 e. The Morgan fingerprint density at radius 3 is 2.63 bits per heavy atom. The summed E-state index contributed by atoms with van der Waals surface area (Å²) in [6.07, 6.45) is 0.915. The van der Waals surface area contributed by atoms with Crippen LogP contribution in [0.4, 0.5) is 5.69 Å². The fraction of sp³-hybridized carbons (Fsp3) is 0.316. The van der Waals surface area contributed by atoms with E-state index in [1.807, 2.05) is 0 Å². The van der Waals surface area contributed by atoms with Crippen LogP contribution in [0.25, 0.3) is 0 Å². The minimum absolute atomic E-state index is 0.0464. The summed E-state index contributed by atoms with van der Waals surface area (Å²) in [6.45, 7) is 2.59. The molecule has 0 saturated heterocycles. The fourth-order valence-electron chi connectivity index (χ4n) is 2.76. The van der Waals surface area contributed by atoms with E-state index < -0.39 is 10.1 Å². The summed E-state index contributed by atoms with van der Waals surface area (Å²) in [5.74, 6) is 0.755.